The van der Waals surface area contributed by atoms with E-state index in [4.69, 9.17) is 11.6 Å². The Kier molecular flexibility index (Phi) is 4.01. The summed E-state index contributed by atoms with van der Waals surface area (Å²) < 4.78 is 23.0. The average Bonchev–Trinajstić information content (AvgIpc) is 2.37. The number of nitrogens with one attached hydrogen (secondary N) is 1. The number of benzene rings is 1. The van der Waals surface area contributed by atoms with Crippen molar-refractivity contribution in [3.8, 4) is 0 Å². The summed E-state index contributed by atoms with van der Waals surface area (Å²) in [6.45, 7) is 0.440. The molecule has 0 aliphatic rings. The van der Waals surface area contributed by atoms with Crippen molar-refractivity contribution in [1.82, 2.24) is 9.97 Å². The number of hydrogen-bond acceptors (Lipinski definition) is 5. The maximum Gasteiger partial charge on any atom is 0.175 e. The van der Waals surface area contributed by atoms with E-state index in [1.165, 1.54) is 18.5 Å². The summed E-state index contributed by atoms with van der Waals surface area (Å²) in [6.07, 6.45) is 4.24. The first-order chi connectivity index (χ1) is 8.97. The van der Waals surface area contributed by atoms with Gasteiger partial charge in [-0.2, -0.15) is 0 Å². The van der Waals surface area contributed by atoms with Crippen LogP contribution in [0.4, 0.5) is 5.69 Å². The minimum Gasteiger partial charge on any atom is -0.378 e. The minimum absolute atomic E-state index is 0.224. The molecule has 0 saturated carbocycles. The standard InChI is InChI=1S/C12H12ClN3O2S/c1-19(17,18)10-2-3-11(13)12(6-10)15-7-9-4-5-14-8-16-9/h2-6,8,15H,7H2,1H3. The van der Waals surface area contributed by atoms with Gasteiger partial charge in [-0.3, -0.25) is 0 Å². The Balaban J connectivity index is 2.21. The smallest absolute Gasteiger partial charge is 0.175 e. The molecule has 1 N–H and O–H groups in total. The van der Waals surface area contributed by atoms with Crippen LogP contribution < -0.4 is 5.32 Å². The largest absolute Gasteiger partial charge is 0.378 e. The molecule has 2 rings (SSSR count). The molecule has 1 aromatic carbocycles. The number of rotatable bonds is 4. The van der Waals surface area contributed by atoms with Gasteiger partial charge in [0, 0.05) is 12.5 Å². The van der Waals surface area contributed by atoms with Gasteiger partial charge < -0.3 is 5.32 Å². The normalized spacial score (nSPS) is 11.3. The zero-order chi connectivity index (χ0) is 13.9. The van der Waals surface area contributed by atoms with Crippen LogP contribution >= 0.6 is 11.6 Å². The molecule has 0 spiro atoms. The molecule has 0 aliphatic heterocycles. The zero-order valence-electron chi connectivity index (χ0n) is 10.2. The average molecular weight is 298 g/mol. The molecule has 0 fully saturated rings. The van der Waals surface area contributed by atoms with Crippen LogP contribution in [0.15, 0.2) is 41.7 Å². The van der Waals surface area contributed by atoms with E-state index in [1.807, 2.05) is 0 Å². The van der Waals surface area contributed by atoms with Crippen LogP contribution in [0.25, 0.3) is 0 Å². The van der Waals surface area contributed by atoms with E-state index >= 15 is 0 Å². The van der Waals surface area contributed by atoms with Crippen LogP contribution in [0.1, 0.15) is 5.69 Å². The maximum atomic E-state index is 11.5. The molecular weight excluding hydrogens is 286 g/mol. The summed E-state index contributed by atoms with van der Waals surface area (Å²) in [5, 5.41) is 3.51. The van der Waals surface area contributed by atoms with Crippen molar-refractivity contribution in [3.63, 3.8) is 0 Å². The van der Waals surface area contributed by atoms with Gasteiger partial charge >= 0.3 is 0 Å². The summed E-state index contributed by atoms with van der Waals surface area (Å²) in [5.41, 5.74) is 1.35. The fourth-order valence-electron chi connectivity index (χ4n) is 1.48. The maximum absolute atomic E-state index is 11.5. The highest BCUT2D eigenvalue weighted by Crippen LogP contribution is 2.25. The van der Waals surface area contributed by atoms with E-state index in [2.05, 4.69) is 15.3 Å². The third kappa shape index (κ3) is 3.65. The Morgan fingerprint density at radius 3 is 2.74 bits per heavy atom. The second kappa shape index (κ2) is 5.54. The van der Waals surface area contributed by atoms with Crippen molar-refractivity contribution >= 4 is 27.1 Å². The van der Waals surface area contributed by atoms with E-state index in [1.54, 1.807) is 18.3 Å². The molecule has 1 heterocycles. The van der Waals surface area contributed by atoms with Crippen LogP contribution in [-0.4, -0.2) is 24.6 Å². The van der Waals surface area contributed by atoms with Gasteiger partial charge in [-0.05, 0) is 24.3 Å². The molecule has 0 amide bonds. The molecule has 0 radical (unpaired) electrons. The van der Waals surface area contributed by atoms with Gasteiger partial charge in [-0.25, -0.2) is 18.4 Å². The highest BCUT2D eigenvalue weighted by atomic mass is 35.5. The fourth-order valence-corrected chi connectivity index (χ4v) is 2.31. The fraction of sp³-hybridized carbons (Fsp3) is 0.167. The Morgan fingerprint density at radius 2 is 2.11 bits per heavy atom. The second-order valence-electron chi connectivity index (χ2n) is 3.97. The van der Waals surface area contributed by atoms with Crippen LogP contribution in [0.5, 0.6) is 0 Å². The number of hydrogen-bond donors (Lipinski definition) is 1. The lowest BCUT2D eigenvalue weighted by molar-refractivity contribution is 0.602. The van der Waals surface area contributed by atoms with E-state index in [-0.39, 0.29) is 4.90 Å². The van der Waals surface area contributed by atoms with Crippen molar-refractivity contribution < 1.29 is 8.42 Å². The Labute approximate surface area is 116 Å². The lowest BCUT2D eigenvalue weighted by Gasteiger charge is -2.09. The van der Waals surface area contributed by atoms with Gasteiger partial charge in [0.15, 0.2) is 9.84 Å². The van der Waals surface area contributed by atoms with Crippen molar-refractivity contribution in [2.45, 2.75) is 11.4 Å². The predicted octanol–water partition coefficient (Wildman–Crippen LogP) is 2.15. The molecule has 0 atom stereocenters. The van der Waals surface area contributed by atoms with Gasteiger partial charge in [0.05, 0.1) is 27.8 Å². The van der Waals surface area contributed by atoms with Crippen molar-refractivity contribution in [1.29, 1.82) is 0 Å². The highest BCUT2D eigenvalue weighted by Gasteiger charge is 2.10. The molecule has 7 heteroatoms. The summed E-state index contributed by atoms with van der Waals surface area (Å²) in [7, 11) is -3.25. The number of halogens is 1. The number of aromatic nitrogens is 2. The van der Waals surface area contributed by atoms with Gasteiger partial charge in [0.2, 0.25) is 0 Å². The first-order valence-corrected chi connectivity index (χ1v) is 7.72. The Morgan fingerprint density at radius 1 is 1.32 bits per heavy atom. The minimum atomic E-state index is -3.25. The summed E-state index contributed by atoms with van der Waals surface area (Å²) >= 11 is 6.02. The molecule has 0 bridgehead atoms. The van der Waals surface area contributed by atoms with Crippen LogP contribution in [-0.2, 0) is 16.4 Å². The highest BCUT2D eigenvalue weighted by molar-refractivity contribution is 7.90. The van der Waals surface area contributed by atoms with Crippen LogP contribution in [0.2, 0.25) is 5.02 Å². The lowest BCUT2D eigenvalue weighted by Crippen LogP contribution is -2.04. The van der Waals surface area contributed by atoms with Crippen molar-refractivity contribution in [3.05, 3.63) is 47.5 Å². The molecule has 100 valence electrons. The van der Waals surface area contributed by atoms with Crippen LogP contribution in [0.3, 0.4) is 0 Å². The molecule has 19 heavy (non-hydrogen) atoms. The quantitative estimate of drug-likeness (QED) is 0.936. The number of anilines is 1. The van der Waals surface area contributed by atoms with Crippen molar-refractivity contribution in [2.24, 2.45) is 0 Å². The summed E-state index contributed by atoms with van der Waals surface area (Å²) in [5.74, 6) is 0. The molecule has 2 aromatic rings. The third-order valence-corrected chi connectivity index (χ3v) is 3.91. The zero-order valence-corrected chi connectivity index (χ0v) is 11.7. The Hall–Kier alpha value is -1.66. The van der Waals surface area contributed by atoms with Crippen molar-refractivity contribution in [2.75, 3.05) is 11.6 Å². The Bertz CT molecular complexity index is 675. The molecule has 0 aliphatic carbocycles. The monoisotopic (exact) mass is 297 g/mol. The lowest BCUT2D eigenvalue weighted by atomic mass is 10.3. The van der Waals surface area contributed by atoms with E-state index in [0.717, 1.165) is 11.9 Å². The van der Waals surface area contributed by atoms with Gasteiger partial charge in [-0.1, -0.05) is 11.6 Å². The second-order valence-corrected chi connectivity index (χ2v) is 6.39. The third-order valence-electron chi connectivity index (χ3n) is 2.47. The van der Waals surface area contributed by atoms with E-state index in [9.17, 15) is 8.42 Å². The first kappa shape index (κ1) is 13.8. The molecule has 0 saturated heterocycles. The van der Waals surface area contributed by atoms with E-state index < -0.39 is 9.84 Å². The molecule has 5 nitrogen and oxygen atoms in total. The molecular formula is C12H12ClN3O2S. The van der Waals surface area contributed by atoms with Gasteiger partial charge in [0.25, 0.3) is 0 Å². The van der Waals surface area contributed by atoms with Gasteiger partial charge in [-0.15, -0.1) is 0 Å². The van der Waals surface area contributed by atoms with Gasteiger partial charge in [0.1, 0.15) is 6.33 Å². The predicted molar refractivity (Wildman–Crippen MR) is 73.9 cm³/mol. The van der Waals surface area contributed by atoms with E-state index in [0.29, 0.717) is 17.3 Å². The molecule has 0 unspecified atom stereocenters. The topological polar surface area (TPSA) is 72.0 Å². The molecule has 1 aromatic heterocycles. The van der Waals surface area contributed by atoms with Crippen LogP contribution in [0, 0.1) is 0 Å². The number of nitrogens with zero attached hydrogens (tertiary/aromatic N) is 2. The summed E-state index contributed by atoms with van der Waals surface area (Å²) in [4.78, 5) is 8.10. The SMILES string of the molecule is CS(=O)(=O)c1ccc(Cl)c(NCc2ccncn2)c1. The summed E-state index contributed by atoms with van der Waals surface area (Å²) in [6, 6.07) is 6.31. The first-order valence-electron chi connectivity index (χ1n) is 5.45. The number of sulfone groups is 1.